The molecule has 0 bridgehead atoms. The summed E-state index contributed by atoms with van der Waals surface area (Å²) in [7, 11) is 0. The van der Waals surface area contributed by atoms with Crippen molar-refractivity contribution in [1.29, 1.82) is 0 Å². The van der Waals surface area contributed by atoms with Crippen molar-refractivity contribution >= 4 is 11.7 Å². The number of carbonyl (C=O) groups is 1. The van der Waals surface area contributed by atoms with Gasteiger partial charge in [-0.1, -0.05) is 11.2 Å². The second-order valence-electron chi connectivity index (χ2n) is 3.86. The van der Waals surface area contributed by atoms with Gasteiger partial charge in [-0.15, -0.1) is 0 Å². The van der Waals surface area contributed by atoms with Crippen LogP contribution in [-0.4, -0.2) is 11.1 Å². The van der Waals surface area contributed by atoms with Crippen LogP contribution in [0.5, 0.6) is 0 Å². The molecule has 19 heavy (non-hydrogen) atoms. The van der Waals surface area contributed by atoms with E-state index in [1.54, 1.807) is 6.92 Å². The molecule has 0 aliphatic rings. The minimum Gasteiger partial charge on any atom is -0.360 e. The molecule has 0 aliphatic carbocycles. The average Bonchev–Trinajstić information content (AvgIpc) is 2.74. The van der Waals surface area contributed by atoms with Gasteiger partial charge in [0.2, 0.25) is 0 Å². The molecule has 1 heterocycles. The van der Waals surface area contributed by atoms with Gasteiger partial charge in [-0.25, -0.2) is 0 Å². The quantitative estimate of drug-likeness (QED) is 0.911. The molecule has 1 aromatic carbocycles. The molecule has 0 fully saturated rings. The highest BCUT2D eigenvalue weighted by atomic mass is 19.4. The van der Waals surface area contributed by atoms with Gasteiger partial charge in [0.05, 0.1) is 5.56 Å². The first kappa shape index (κ1) is 13.1. The highest BCUT2D eigenvalue weighted by molar-refractivity contribution is 6.03. The summed E-state index contributed by atoms with van der Waals surface area (Å²) in [5.74, 6) is -0.0429. The second kappa shape index (κ2) is 4.75. The number of aromatic nitrogens is 1. The molecule has 0 aliphatic heterocycles. The zero-order chi connectivity index (χ0) is 14.0. The van der Waals surface area contributed by atoms with E-state index in [9.17, 15) is 18.0 Å². The largest absolute Gasteiger partial charge is 0.416 e. The number of anilines is 1. The molecule has 2 aromatic rings. The Morgan fingerprint density at radius 3 is 2.63 bits per heavy atom. The summed E-state index contributed by atoms with van der Waals surface area (Å²) in [6, 6.07) is 5.61. The fraction of sp³-hybridized carbons (Fsp3) is 0.167. The van der Waals surface area contributed by atoms with Gasteiger partial charge >= 0.3 is 6.18 Å². The summed E-state index contributed by atoms with van der Waals surface area (Å²) in [5.41, 5.74) is -0.980. The summed E-state index contributed by atoms with van der Waals surface area (Å²) in [4.78, 5) is 11.7. The van der Waals surface area contributed by atoms with Crippen LogP contribution in [-0.2, 0) is 6.18 Å². The van der Waals surface area contributed by atoms with E-state index in [4.69, 9.17) is 4.52 Å². The van der Waals surface area contributed by atoms with E-state index in [1.807, 2.05) is 0 Å². The Morgan fingerprint density at radius 1 is 1.32 bits per heavy atom. The highest BCUT2D eigenvalue weighted by Gasteiger charge is 2.30. The summed E-state index contributed by atoms with van der Waals surface area (Å²) in [5, 5.41) is 5.87. The van der Waals surface area contributed by atoms with Crippen LogP contribution in [0.25, 0.3) is 0 Å². The lowest BCUT2D eigenvalue weighted by Gasteiger charge is -2.08. The van der Waals surface area contributed by atoms with E-state index in [2.05, 4.69) is 10.5 Å². The first-order valence-electron chi connectivity index (χ1n) is 5.28. The van der Waals surface area contributed by atoms with Crippen LogP contribution in [0, 0.1) is 6.92 Å². The lowest BCUT2D eigenvalue weighted by Crippen LogP contribution is -2.14. The van der Waals surface area contributed by atoms with E-state index in [0.717, 1.165) is 12.1 Å². The van der Waals surface area contributed by atoms with Crippen molar-refractivity contribution < 1.29 is 22.5 Å². The molecule has 0 radical (unpaired) electrons. The monoisotopic (exact) mass is 270 g/mol. The maximum Gasteiger partial charge on any atom is 0.416 e. The zero-order valence-electron chi connectivity index (χ0n) is 9.78. The minimum absolute atomic E-state index is 0.101. The fourth-order valence-electron chi connectivity index (χ4n) is 1.45. The minimum atomic E-state index is -4.49. The third-order valence-electron chi connectivity index (χ3n) is 2.32. The average molecular weight is 270 g/mol. The van der Waals surface area contributed by atoms with E-state index >= 15 is 0 Å². The summed E-state index contributed by atoms with van der Waals surface area (Å²) in [6.45, 7) is 1.63. The second-order valence-corrected chi connectivity index (χ2v) is 3.86. The molecule has 2 rings (SSSR count). The Balaban J connectivity index is 2.20. The van der Waals surface area contributed by atoms with Gasteiger partial charge in [-0.05, 0) is 25.1 Å². The topological polar surface area (TPSA) is 55.1 Å². The van der Waals surface area contributed by atoms with E-state index in [1.165, 1.54) is 18.2 Å². The maximum atomic E-state index is 12.5. The number of carbonyl (C=O) groups excluding carboxylic acids is 1. The van der Waals surface area contributed by atoms with Crippen LogP contribution in [0.2, 0.25) is 0 Å². The molecule has 7 heteroatoms. The molecule has 0 saturated heterocycles. The molecule has 0 unspecified atom stereocenters. The number of aryl methyl sites for hydroxylation is 1. The fourth-order valence-corrected chi connectivity index (χ4v) is 1.45. The number of benzene rings is 1. The standard InChI is InChI=1S/C12H9F3N2O2/c1-7-5-10(17-19-7)16-11(18)8-3-2-4-9(6-8)12(13,14)15/h2-6H,1H3,(H,16,17,18). The van der Waals surface area contributed by atoms with E-state index < -0.39 is 17.6 Å². The number of alkyl halides is 3. The van der Waals surface area contributed by atoms with Gasteiger partial charge in [0.25, 0.3) is 5.91 Å². The first-order chi connectivity index (χ1) is 8.86. The number of hydrogen-bond donors (Lipinski definition) is 1. The predicted octanol–water partition coefficient (Wildman–Crippen LogP) is 3.25. The summed E-state index contributed by atoms with van der Waals surface area (Å²) in [6.07, 6.45) is -4.49. The summed E-state index contributed by atoms with van der Waals surface area (Å²) < 4.78 is 42.2. The van der Waals surface area contributed by atoms with Crippen LogP contribution < -0.4 is 5.32 Å². The zero-order valence-corrected chi connectivity index (χ0v) is 9.78. The molecule has 0 saturated carbocycles. The van der Waals surface area contributed by atoms with Crippen LogP contribution in [0.15, 0.2) is 34.9 Å². The Morgan fingerprint density at radius 2 is 2.05 bits per heavy atom. The van der Waals surface area contributed by atoms with Crippen molar-refractivity contribution in [1.82, 2.24) is 5.16 Å². The molecule has 1 N–H and O–H groups in total. The van der Waals surface area contributed by atoms with E-state index in [0.29, 0.717) is 5.76 Å². The number of amides is 1. The van der Waals surface area contributed by atoms with Crippen molar-refractivity contribution in [3.63, 3.8) is 0 Å². The maximum absolute atomic E-state index is 12.5. The Kier molecular flexibility index (Phi) is 3.28. The third kappa shape index (κ3) is 3.12. The van der Waals surface area contributed by atoms with Crippen molar-refractivity contribution in [2.45, 2.75) is 13.1 Å². The van der Waals surface area contributed by atoms with Gasteiger partial charge in [0.1, 0.15) is 5.76 Å². The number of halogens is 3. The van der Waals surface area contributed by atoms with Crippen LogP contribution >= 0.6 is 0 Å². The van der Waals surface area contributed by atoms with Crippen LogP contribution in [0.4, 0.5) is 19.0 Å². The smallest absolute Gasteiger partial charge is 0.360 e. The van der Waals surface area contributed by atoms with Crippen molar-refractivity contribution in [3.05, 3.63) is 47.2 Å². The van der Waals surface area contributed by atoms with E-state index in [-0.39, 0.29) is 11.4 Å². The normalized spacial score (nSPS) is 11.4. The van der Waals surface area contributed by atoms with Gasteiger partial charge < -0.3 is 9.84 Å². The third-order valence-corrected chi connectivity index (χ3v) is 2.32. The Bertz CT molecular complexity index is 605. The molecule has 1 aromatic heterocycles. The number of rotatable bonds is 2. The Hall–Kier alpha value is -2.31. The number of hydrogen-bond acceptors (Lipinski definition) is 3. The number of nitrogens with one attached hydrogen (secondary N) is 1. The molecular formula is C12H9F3N2O2. The first-order valence-corrected chi connectivity index (χ1v) is 5.28. The van der Waals surface area contributed by atoms with Crippen LogP contribution in [0.1, 0.15) is 21.7 Å². The molecule has 4 nitrogen and oxygen atoms in total. The van der Waals surface area contributed by atoms with Crippen molar-refractivity contribution in [2.75, 3.05) is 5.32 Å². The molecule has 100 valence electrons. The molecule has 0 atom stereocenters. The summed E-state index contributed by atoms with van der Waals surface area (Å²) >= 11 is 0. The number of nitrogens with zero attached hydrogens (tertiary/aromatic N) is 1. The molecular weight excluding hydrogens is 261 g/mol. The van der Waals surface area contributed by atoms with Crippen molar-refractivity contribution in [2.24, 2.45) is 0 Å². The SMILES string of the molecule is Cc1cc(NC(=O)c2cccc(C(F)(F)F)c2)no1. The van der Waals surface area contributed by atoms with Gasteiger partial charge in [-0.3, -0.25) is 4.79 Å². The van der Waals surface area contributed by atoms with Gasteiger partial charge in [0, 0.05) is 11.6 Å². The van der Waals surface area contributed by atoms with Gasteiger partial charge in [-0.2, -0.15) is 13.2 Å². The highest BCUT2D eigenvalue weighted by Crippen LogP contribution is 2.29. The van der Waals surface area contributed by atoms with Crippen molar-refractivity contribution in [3.8, 4) is 0 Å². The van der Waals surface area contributed by atoms with Gasteiger partial charge in [0.15, 0.2) is 5.82 Å². The predicted molar refractivity (Wildman–Crippen MR) is 60.6 cm³/mol. The lowest BCUT2D eigenvalue weighted by molar-refractivity contribution is -0.137. The molecule has 0 spiro atoms. The van der Waals surface area contributed by atoms with Crippen LogP contribution in [0.3, 0.4) is 0 Å². The lowest BCUT2D eigenvalue weighted by atomic mass is 10.1. The Labute approximate surface area is 106 Å². The molecule has 1 amide bonds.